The number of carbonyl (C=O) groups excluding carboxylic acids is 1. The van der Waals surface area contributed by atoms with Crippen molar-refractivity contribution in [3.8, 4) is 0 Å². The fourth-order valence-electron chi connectivity index (χ4n) is 3.26. The molecule has 0 aromatic carbocycles. The number of aromatic nitrogens is 4. The summed E-state index contributed by atoms with van der Waals surface area (Å²) in [5.74, 6) is 1.10. The van der Waals surface area contributed by atoms with Crippen LogP contribution in [0.4, 0.5) is 11.8 Å². The molecule has 7 nitrogen and oxygen atoms in total. The Morgan fingerprint density at radius 1 is 1.08 bits per heavy atom. The van der Waals surface area contributed by atoms with Crippen molar-refractivity contribution in [2.75, 3.05) is 23.3 Å². The van der Waals surface area contributed by atoms with E-state index in [9.17, 15) is 4.79 Å². The maximum atomic E-state index is 12.5. The largest absolute Gasteiger partial charge is 0.357 e. The highest BCUT2D eigenvalue weighted by Crippen LogP contribution is 2.18. The molecule has 1 saturated heterocycles. The molecule has 3 aromatic heterocycles. The van der Waals surface area contributed by atoms with Gasteiger partial charge in [0.25, 0.3) is 5.91 Å². The van der Waals surface area contributed by atoms with Crippen LogP contribution in [0.1, 0.15) is 41.6 Å². The van der Waals surface area contributed by atoms with E-state index in [2.05, 4.69) is 25.4 Å². The Balaban J connectivity index is 1.49. The monoisotopic (exact) mass is 350 g/mol. The zero-order valence-corrected chi connectivity index (χ0v) is 14.9. The van der Waals surface area contributed by atoms with E-state index in [4.69, 9.17) is 0 Å². The zero-order valence-electron chi connectivity index (χ0n) is 14.9. The molecular weight excluding hydrogens is 328 g/mol. The summed E-state index contributed by atoms with van der Waals surface area (Å²) >= 11 is 0. The number of amides is 1. The number of fused-ring (bicyclic) bond motifs is 1. The van der Waals surface area contributed by atoms with Crippen molar-refractivity contribution >= 4 is 23.3 Å². The van der Waals surface area contributed by atoms with Crippen LogP contribution in [-0.2, 0) is 0 Å². The smallest absolute Gasteiger partial charge is 0.259 e. The molecular formula is C19H22N6O. The van der Waals surface area contributed by atoms with Gasteiger partial charge in [-0.2, -0.15) is 0 Å². The average molecular weight is 350 g/mol. The van der Waals surface area contributed by atoms with Gasteiger partial charge in [0.15, 0.2) is 5.65 Å². The van der Waals surface area contributed by atoms with Crippen molar-refractivity contribution in [3.05, 3.63) is 47.8 Å². The van der Waals surface area contributed by atoms with E-state index in [1.165, 1.54) is 25.7 Å². The van der Waals surface area contributed by atoms with Crippen LogP contribution in [0.15, 0.2) is 36.7 Å². The van der Waals surface area contributed by atoms with Crippen LogP contribution < -0.4 is 10.2 Å². The summed E-state index contributed by atoms with van der Waals surface area (Å²) in [6.07, 6.45) is 8.43. The lowest BCUT2D eigenvalue weighted by Gasteiger charge is -2.21. The summed E-state index contributed by atoms with van der Waals surface area (Å²) in [6.45, 7) is 4.05. The molecule has 0 aliphatic carbocycles. The van der Waals surface area contributed by atoms with Crippen molar-refractivity contribution in [1.82, 2.24) is 19.6 Å². The van der Waals surface area contributed by atoms with E-state index in [0.717, 1.165) is 24.5 Å². The molecule has 3 aromatic rings. The lowest BCUT2D eigenvalue weighted by atomic mass is 10.2. The first-order valence-corrected chi connectivity index (χ1v) is 9.04. The Kier molecular flexibility index (Phi) is 4.51. The van der Waals surface area contributed by atoms with Gasteiger partial charge in [0, 0.05) is 25.5 Å². The molecule has 0 unspecified atom stereocenters. The highest BCUT2D eigenvalue weighted by molar-refractivity contribution is 6.03. The van der Waals surface area contributed by atoms with Gasteiger partial charge in [-0.1, -0.05) is 12.8 Å². The Morgan fingerprint density at radius 3 is 2.62 bits per heavy atom. The number of nitrogens with one attached hydrogen (secondary N) is 1. The molecule has 1 aliphatic heterocycles. The first-order valence-electron chi connectivity index (χ1n) is 9.04. The molecule has 134 valence electrons. The summed E-state index contributed by atoms with van der Waals surface area (Å²) < 4.78 is 1.75. The molecule has 1 aliphatic rings. The van der Waals surface area contributed by atoms with Crippen molar-refractivity contribution < 1.29 is 4.79 Å². The van der Waals surface area contributed by atoms with Crippen LogP contribution in [-0.4, -0.2) is 38.6 Å². The lowest BCUT2D eigenvalue weighted by Crippen LogP contribution is -2.25. The van der Waals surface area contributed by atoms with Crippen molar-refractivity contribution in [1.29, 1.82) is 0 Å². The predicted molar refractivity (Wildman–Crippen MR) is 101 cm³/mol. The number of pyridine rings is 2. The van der Waals surface area contributed by atoms with Gasteiger partial charge in [0.1, 0.15) is 5.82 Å². The Hall–Kier alpha value is -2.96. The van der Waals surface area contributed by atoms with Crippen LogP contribution in [0, 0.1) is 6.92 Å². The molecule has 0 radical (unpaired) electrons. The molecule has 0 saturated carbocycles. The van der Waals surface area contributed by atoms with E-state index < -0.39 is 0 Å². The third kappa shape index (κ3) is 3.37. The Morgan fingerprint density at radius 2 is 1.88 bits per heavy atom. The quantitative estimate of drug-likeness (QED) is 0.786. The summed E-state index contributed by atoms with van der Waals surface area (Å²) in [7, 11) is 0. The van der Waals surface area contributed by atoms with Gasteiger partial charge < -0.3 is 4.90 Å². The zero-order chi connectivity index (χ0) is 17.9. The Labute approximate surface area is 152 Å². The fourth-order valence-corrected chi connectivity index (χ4v) is 3.26. The number of rotatable bonds is 3. The van der Waals surface area contributed by atoms with Crippen LogP contribution in [0.2, 0.25) is 0 Å². The molecule has 0 atom stereocenters. The maximum absolute atomic E-state index is 12.5. The molecule has 1 N–H and O–H groups in total. The molecule has 1 fully saturated rings. The minimum atomic E-state index is -0.241. The number of anilines is 2. The van der Waals surface area contributed by atoms with Crippen molar-refractivity contribution in [2.45, 2.75) is 32.6 Å². The summed E-state index contributed by atoms with van der Waals surface area (Å²) in [6, 6.07) is 7.60. The average Bonchev–Trinajstić information content (AvgIpc) is 2.86. The molecule has 4 heterocycles. The van der Waals surface area contributed by atoms with Gasteiger partial charge in [-0.05, 0) is 49.6 Å². The highest BCUT2D eigenvalue weighted by Gasteiger charge is 2.14. The van der Waals surface area contributed by atoms with Crippen LogP contribution in [0.3, 0.4) is 0 Å². The molecule has 0 bridgehead atoms. The SMILES string of the molecule is Cc1ccn2c(NC(=O)c3ccc(N4CCCCCC4)nc3)nnc2c1. The van der Waals surface area contributed by atoms with Gasteiger partial charge in [-0.25, -0.2) is 4.98 Å². The van der Waals surface area contributed by atoms with Crippen molar-refractivity contribution in [3.63, 3.8) is 0 Å². The lowest BCUT2D eigenvalue weighted by molar-refractivity contribution is 0.102. The number of nitrogens with zero attached hydrogens (tertiary/aromatic N) is 5. The standard InChI is InChI=1S/C19H22N6O/c1-14-8-11-25-17(12-14)22-23-19(25)21-18(26)15-6-7-16(20-13-15)24-9-4-2-3-5-10-24/h6-8,11-13H,2-5,9-10H2,1H3,(H,21,23,26). The van der Waals surface area contributed by atoms with Gasteiger partial charge >= 0.3 is 0 Å². The second-order valence-electron chi connectivity index (χ2n) is 6.72. The normalized spacial score (nSPS) is 15.0. The summed E-state index contributed by atoms with van der Waals surface area (Å²) in [5.41, 5.74) is 2.30. The van der Waals surface area contributed by atoms with E-state index in [1.807, 2.05) is 37.4 Å². The Bertz CT molecular complexity index is 909. The molecule has 7 heteroatoms. The maximum Gasteiger partial charge on any atom is 0.259 e. The molecule has 0 spiro atoms. The van der Waals surface area contributed by atoms with Gasteiger partial charge in [0.2, 0.25) is 5.95 Å². The molecule has 26 heavy (non-hydrogen) atoms. The van der Waals surface area contributed by atoms with Crippen LogP contribution in [0.5, 0.6) is 0 Å². The van der Waals surface area contributed by atoms with Crippen LogP contribution >= 0.6 is 0 Å². The first kappa shape index (κ1) is 16.5. The summed E-state index contributed by atoms with van der Waals surface area (Å²) in [5, 5.41) is 10.9. The first-order chi connectivity index (χ1) is 12.7. The minimum absolute atomic E-state index is 0.241. The number of carbonyl (C=O) groups is 1. The highest BCUT2D eigenvalue weighted by atomic mass is 16.1. The molecule has 1 amide bonds. The number of aryl methyl sites for hydroxylation is 1. The van der Waals surface area contributed by atoms with E-state index in [1.54, 1.807) is 10.6 Å². The third-order valence-electron chi connectivity index (χ3n) is 4.73. The second kappa shape index (κ2) is 7.11. The third-order valence-corrected chi connectivity index (χ3v) is 4.73. The predicted octanol–water partition coefficient (Wildman–Crippen LogP) is 3.07. The number of hydrogen-bond donors (Lipinski definition) is 1. The topological polar surface area (TPSA) is 75.4 Å². The molecule has 4 rings (SSSR count). The van der Waals surface area contributed by atoms with Gasteiger partial charge in [-0.15, -0.1) is 10.2 Å². The van der Waals surface area contributed by atoms with Crippen LogP contribution in [0.25, 0.3) is 5.65 Å². The summed E-state index contributed by atoms with van der Waals surface area (Å²) in [4.78, 5) is 19.3. The van der Waals surface area contributed by atoms with E-state index >= 15 is 0 Å². The second-order valence-corrected chi connectivity index (χ2v) is 6.72. The van der Waals surface area contributed by atoms with Crippen molar-refractivity contribution in [2.24, 2.45) is 0 Å². The van der Waals surface area contributed by atoms with Gasteiger partial charge in [0.05, 0.1) is 5.56 Å². The number of hydrogen-bond acceptors (Lipinski definition) is 5. The minimum Gasteiger partial charge on any atom is -0.357 e. The van der Waals surface area contributed by atoms with Gasteiger partial charge in [-0.3, -0.25) is 14.5 Å². The fraction of sp³-hybridized carbons (Fsp3) is 0.368. The van der Waals surface area contributed by atoms with E-state index in [0.29, 0.717) is 17.2 Å². The van der Waals surface area contributed by atoms with E-state index in [-0.39, 0.29) is 5.91 Å².